The minimum Gasteiger partial charge on any atom is -0.102 e. The van der Waals surface area contributed by atoms with E-state index in [1.165, 1.54) is 5.56 Å². The molecule has 1 aliphatic rings. The average molecular weight is 182 g/mol. The lowest BCUT2D eigenvalue weighted by molar-refractivity contribution is 0.677. The zero-order valence-corrected chi connectivity index (χ0v) is 8.19. The second kappa shape index (κ2) is 3.67. The maximum absolute atomic E-state index is 3.95. The lowest BCUT2D eigenvalue weighted by Gasteiger charge is -2.28. The van der Waals surface area contributed by atoms with Crippen LogP contribution in [0.3, 0.4) is 0 Å². The van der Waals surface area contributed by atoms with Crippen molar-refractivity contribution in [2.24, 2.45) is 0 Å². The van der Waals surface area contributed by atoms with E-state index >= 15 is 0 Å². The van der Waals surface area contributed by atoms with Gasteiger partial charge >= 0.3 is 0 Å². The van der Waals surface area contributed by atoms with Gasteiger partial charge in [0.1, 0.15) is 0 Å². The third kappa shape index (κ3) is 1.44. The summed E-state index contributed by atoms with van der Waals surface area (Å²) in [6, 6.07) is 10.5. The first-order valence-corrected chi connectivity index (χ1v) is 4.91. The maximum atomic E-state index is 3.95. The van der Waals surface area contributed by atoms with Gasteiger partial charge in [-0.1, -0.05) is 60.7 Å². The van der Waals surface area contributed by atoms with Crippen LogP contribution in [-0.4, -0.2) is 0 Å². The summed E-state index contributed by atoms with van der Waals surface area (Å²) < 4.78 is 0. The molecule has 0 heteroatoms. The van der Waals surface area contributed by atoms with Crippen LogP contribution in [0.1, 0.15) is 12.0 Å². The van der Waals surface area contributed by atoms with Crippen molar-refractivity contribution in [3.8, 4) is 0 Å². The van der Waals surface area contributed by atoms with Gasteiger partial charge in [0.25, 0.3) is 0 Å². The van der Waals surface area contributed by atoms with Crippen LogP contribution in [0.5, 0.6) is 0 Å². The van der Waals surface area contributed by atoms with E-state index in [0.717, 1.165) is 6.42 Å². The monoisotopic (exact) mass is 182 g/mol. The molecule has 0 fully saturated rings. The molecule has 1 aromatic carbocycles. The fourth-order valence-electron chi connectivity index (χ4n) is 1.87. The second-order valence-electron chi connectivity index (χ2n) is 3.60. The summed E-state index contributed by atoms with van der Waals surface area (Å²) >= 11 is 0. The van der Waals surface area contributed by atoms with Gasteiger partial charge in [-0.25, -0.2) is 0 Å². The largest absolute Gasteiger partial charge is 0.102 e. The highest BCUT2D eigenvalue weighted by atomic mass is 14.3. The number of benzene rings is 1. The molecular formula is C14H14. The molecule has 0 aliphatic heterocycles. The van der Waals surface area contributed by atoms with E-state index in [4.69, 9.17) is 0 Å². The SMILES string of the molecule is C=CC1(c2ccccc2)C=CC=CC1. The zero-order chi connectivity index (χ0) is 9.86. The Balaban J connectivity index is 2.44. The Kier molecular flexibility index (Phi) is 2.36. The maximum Gasteiger partial charge on any atom is 0.0347 e. The molecule has 1 aliphatic carbocycles. The molecule has 0 bridgehead atoms. The van der Waals surface area contributed by atoms with Crippen LogP contribution >= 0.6 is 0 Å². The summed E-state index contributed by atoms with van der Waals surface area (Å²) in [6.45, 7) is 3.95. The van der Waals surface area contributed by atoms with E-state index in [9.17, 15) is 0 Å². The van der Waals surface area contributed by atoms with Crippen molar-refractivity contribution >= 4 is 0 Å². The van der Waals surface area contributed by atoms with Crippen LogP contribution in [-0.2, 0) is 5.41 Å². The topological polar surface area (TPSA) is 0 Å². The molecule has 0 amide bonds. The molecule has 14 heavy (non-hydrogen) atoms. The van der Waals surface area contributed by atoms with Gasteiger partial charge < -0.3 is 0 Å². The first-order valence-electron chi connectivity index (χ1n) is 4.91. The Labute approximate surface area is 85.3 Å². The lowest BCUT2D eigenvalue weighted by Crippen LogP contribution is -2.20. The molecule has 1 atom stereocenters. The first-order chi connectivity index (χ1) is 6.87. The predicted molar refractivity (Wildman–Crippen MR) is 61.2 cm³/mol. The summed E-state index contributed by atoms with van der Waals surface area (Å²) in [6.07, 6.45) is 11.6. The minimum atomic E-state index is 0.00993. The smallest absolute Gasteiger partial charge is 0.0347 e. The van der Waals surface area contributed by atoms with Gasteiger partial charge in [-0.15, -0.1) is 6.58 Å². The van der Waals surface area contributed by atoms with Gasteiger partial charge in [-0.05, 0) is 12.0 Å². The average Bonchev–Trinajstić information content (AvgIpc) is 2.31. The van der Waals surface area contributed by atoms with Gasteiger partial charge in [0.05, 0.1) is 0 Å². The van der Waals surface area contributed by atoms with Crippen LogP contribution in [0.4, 0.5) is 0 Å². The second-order valence-corrected chi connectivity index (χ2v) is 3.60. The molecule has 0 spiro atoms. The van der Waals surface area contributed by atoms with E-state index in [2.05, 4.69) is 55.1 Å². The van der Waals surface area contributed by atoms with Crippen LogP contribution in [0.25, 0.3) is 0 Å². The minimum absolute atomic E-state index is 0.00993. The summed E-state index contributed by atoms with van der Waals surface area (Å²) in [7, 11) is 0. The highest BCUT2D eigenvalue weighted by molar-refractivity contribution is 5.40. The third-order valence-corrected chi connectivity index (χ3v) is 2.77. The van der Waals surface area contributed by atoms with Crippen LogP contribution in [0.15, 0.2) is 67.3 Å². The molecule has 0 aromatic heterocycles. The van der Waals surface area contributed by atoms with Crippen molar-refractivity contribution in [2.45, 2.75) is 11.8 Å². The fraction of sp³-hybridized carbons (Fsp3) is 0.143. The molecule has 0 saturated heterocycles. The molecule has 1 aromatic rings. The number of allylic oxidation sites excluding steroid dienone is 5. The fourth-order valence-corrected chi connectivity index (χ4v) is 1.87. The highest BCUT2D eigenvalue weighted by Crippen LogP contribution is 2.33. The number of hydrogen-bond acceptors (Lipinski definition) is 0. The van der Waals surface area contributed by atoms with E-state index in [1.807, 2.05) is 12.1 Å². The van der Waals surface area contributed by atoms with E-state index in [-0.39, 0.29) is 5.41 Å². The molecule has 0 N–H and O–H groups in total. The van der Waals surface area contributed by atoms with Gasteiger partial charge in [-0.3, -0.25) is 0 Å². The first kappa shape index (κ1) is 9.01. The zero-order valence-electron chi connectivity index (χ0n) is 8.19. The van der Waals surface area contributed by atoms with Gasteiger partial charge in [-0.2, -0.15) is 0 Å². The molecule has 2 rings (SSSR count). The lowest BCUT2D eigenvalue weighted by atomic mass is 9.76. The Hall–Kier alpha value is -1.56. The van der Waals surface area contributed by atoms with Crippen LogP contribution in [0, 0.1) is 0 Å². The Bertz CT molecular complexity index is 370. The van der Waals surface area contributed by atoms with Crippen LogP contribution in [0.2, 0.25) is 0 Å². The van der Waals surface area contributed by atoms with Crippen molar-refractivity contribution in [1.82, 2.24) is 0 Å². The van der Waals surface area contributed by atoms with Gasteiger partial charge in [0.15, 0.2) is 0 Å². The summed E-state index contributed by atoms with van der Waals surface area (Å²) in [5.74, 6) is 0. The summed E-state index contributed by atoms with van der Waals surface area (Å²) in [4.78, 5) is 0. The Morgan fingerprint density at radius 1 is 1.14 bits per heavy atom. The molecule has 0 nitrogen and oxygen atoms in total. The van der Waals surface area contributed by atoms with E-state index in [1.54, 1.807) is 0 Å². The summed E-state index contributed by atoms with van der Waals surface area (Å²) in [5.41, 5.74) is 1.33. The number of hydrogen-bond donors (Lipinski definition) is 0. The number of rotatable bonds is 2. The molecule has 70 valence electrons. The molecule has 0 heterocycles. The van der Waals surface area contributed by atoms with Crippen molar-refractivity contribution in [3.63, 3.8) is 0 Å². The van der Waals surface area contributed by atoms with Crippen molar-refractivity contribution in [1.29, 1.82) is 0 Å². The predicted octanol–water partition coefficient (Wildman–Crippen LogP) is 3.63. The van der Waals surface area contributed by atoms with E-state index in [0.29, 0.717) is 0 Å². The Morgan fingerprint density at radius 3 is 2.50 bits per heavy atom. The van der Waals surface area contributed by atoms with Crippen molar-refractivity contribution in [3.05, 3.63) is 72.9 Å². The normalized spacial score (nSPS) is 24.9. The van der Waals surface area contributed by atoms with E-state index < -0.39 is 0 Å². The third-order valence-electron chi connectivity index (χ3n) is 2.77. The highest BCUT2D eigenvalue weighted by Gasteiger charge is 2.24. The molecule has 0 saturated carbocycles. The summed E-state index contributed by atoms with van der Waals surface area (Å²) in [5, 5.41) is 0. The molecule has 0 radical (unpaired) electrons. The van der Waals surface area contributed by atoms with Crippen molar-refractivity contribution in [2.75, 3.05) is 0 Å². The van der Waals surface area contributed by atoms with Crippen LogP contribution < -0.4 is 0 Å². The quantitative estimate of drug-likeness (QED) is 0.613. The standard InChI is InChI=1S/C14H14/c1-2-14(11-7-4-8-12-14)13-9-5-3-6-10-13/h2-11H,1,12H2. The molecule has 1 unspecified atom stereocenters. The van der Waals surface area contributed by atoms with Gasteiger partial charge in [0.2, 0.25) is 0 Å². The Morgan fingerprint density at radius 2 is 1.93 bits per heavy atom. The van der Waals surface area contributed by atoms with Gasteiger partial charge in [0, 0.05) is 5.41 Å². The van der Waals surface area contributed by atoms with Crippen molar-refractivity contribution < 1.29 is 0 Å². The molecular weight excluding hydrogens is 168 g/mol.